The molecule has 7 atom stereocenters. The van der Waals surface area contributed by atoms with Crippen molar-refractivity contribution in [2.75, 3.05) is 0 Å². The lowest BCUT2D eigenvalue weighted by Crippen LogP contribution is -2.46. The van der Waals surface area contributed by atoms with Gasteiger partial charge in [-0.2, -0.15) is 0 Å². The summed E-state index contributed by atoms with van der Waals surface area (Å²) < 4.78 is 15.1. The molecule has 120 valence electrons. The number of benzene rings is 1. The van der Waals surface area contributed by atoms with Gasteiger partial charge in [-0.1, -0.05) is 19.9 Å². The Balaban J connectivity index is 1.78. The number of rotatable bonds is 0. The minimum absolute atomic E-state index is 0.0600. The Hall–Kier alpha value is -1.09. The van der Waals surface area contributed by atoms with E-state index in [2.05, 4.69) is 13.8 Å². The van der Waals surface area contributed by atoms with Gasteiger partial charge in [0, 0.05) is 5.92 Å². The van der Waals surface area contributed by atoms with Gasteiger partial charge in [-0.05, 0) is 72.1 Å². The van der Waals surface area contributed by atoms with Crippen molar-refractivity contribution in [3.63, 3.8) is 0 Å². The quantitative estimate of drug-likeness (QED) is 0.765. The summed E-state index contributed by atoms with van der Waals surface area (Å²) in [5.41, 5.74) is 2.14. The summed E-state index contributed by atoms with van der Waals surface area (Å²) in [6.45, 7) is 4.32. The van der Waals surface area contributed by atoms with Crippen LogP contribution in [0.15, 0.2) is 18.2 Å². The molecule has 3 aliphatic carbocycles. The molecule has 0 aliphatic heterocycles. The maximum Gasteiger partial charge on any atom is 0.115 e. The third-order valence-corrected chi connectivity index (χ3v) is 6.86. The number of fused-ring (bicyclic) bond motifs is 5. The number of phenols is 1. The van der Waals surface area contributed by atoms with Gasteiger partial charge in [0.1, 0.15) is 11.9 Å². The van der Waals surface area contributed by atoms with Crippen molar-refractivity contribution < 1.29 is 14.6 Å². The van der Waals surface area contributed by atoms with Gasteiger partial charge in [0.25, 0.3) is 0 Å². The van der Waals surface area contributed by atoms with Gasteiger partial charge in [-0.25, -0.2) is 4.39 Å². The van der Waals surface area contributed by atoms with Crippen LogP contribution >= 0.6 is 0 Å². The van der Waals surface area contributed by atoms with E-state index in [1.807, 2.05) is 6.07 Å². The van der Waals surface area contributed by atoms with E-state index in [0.717, 1.165) is 30.4 Å². The van der Waals surface area contributed by atoms with Crippen molar-refractivity contribution >= 4 is 0 Å². The number of aryl methyl sites for hydroxylation is 1. The van der Waals surface area contributed by atoms with Crippen LogP contribution in [0.1, 0.15) is 50.2 Å². The molecular weight excluding hydrogens is 279 g/mol. The molecule has 0 bridgehead atoms. The molecule has 0 unspecified atom stereocenters. The molecule has 1 aromatic rings. The van der Waals surface area contributed by atoms with Crippen molar-refractivity contribution in [1.82, 2.24) is 0 Å². The monoisotopic (exact) mass is 304 g/mol. The predicted molar refractivity (Wildman–Crippen MR) is 83.6 cm³/mol. The van der Waals surface area contributed by atoms with Crippen molar-refractivity contribution in [3.8, 4) is 5.75 Å². The van der Waals surface area contributed by atoms with E-state index in [4.69, 9.17) is 0 Å². The molecule has 1 aromatic carbocycles. The summed E-state index contributed by atoms with van der Waals surface area (Å²) in [5.74, 6) is 1.19. The highest BCUT2D eigenvalue weighted by atomic mass is 19.1. The lowest BCUT2D eigenvalue weighted by atomic mass is 9.54. The minimum Gasteiger partial charge on any atom is -0.508 e. The molecular formula is C19H25FO2. The molecule has 2 nitrogen and oxygen atoms in total. The molecule has 0 heterocycles. The smallest absolute Gasteiger partial charge is 0.115 e. The van der Waals surface area contributed by atoms with Crippen molar-refractivity contribution in [1.29, 1.82) is 0 Å². The van der Waals surface area contributed by atoms with Gasteiger partial charge in [-0.15, -0.1) is 0 Å². The molecule has 0 radical (unpaired) electrons. The fourth-order valence-electron chi connectivity index (χ4n) is 6.10. The number of phenolic OH excluding ortho intramolecular Hbond substituents is 1. The first kappa shape index (κ1) is 14.5. The second-order valence-corrected chi connectivity index (χ2v) is 8.14. The van der Waals surface area contributed by atoms with Crippen LogP contribution in [0.5, 0.6) is 5.75 Å². The highest BCUT2D eigenvalue weighted by Gasteiger charge is 2.59. The summed E-state index contributed by atoms with van der Waals surface area (Å²) in [6, 6.07) is 5.42. The number of hydrogen-bond acceptors (Lipinski definition) is 2. The van der Waals surface area contributed by atoms with E-state index in [0.29, 0.717) is 18.3 Å². The van der Waals surface area contributed by atoms with Gasteiger partial charge in [-0.3, -0.25) is 0 Å². The summed E-state index contributed by atoms with van der Waals surface area (Å²) in [5, 5.41) is 20.0. The predicted octanol–water partition coefficient (Wildman–Crippen LogP) is 3.80. The van der Waals surface area contributed by atoms with Crippen molar-refractivity contribution in [2.24, 2.45) is 23.2 Å². The maximum atomic E-state index is 15.1. The molecule has 3 aliphatic rings. The lowest BCUT2D eigenvalue weighted by Gasteiger charge is -2.51. The Morgan fingerprint density at radius 2 is 2.05 bits per heavy atom. The lowest BCUT2D eigenvalue weighted by molar-refractivity contribution is -0.0141. The third kappa shape index (κ3) is 1.87. The highest BCUT2D eigenvalue weighted by Crippen LogP contribution is 2.63. The molecule has 4 rings (SSSR count). The number of aliphatic hydroxyl groups is 1. The highest BCUT2D eigenvalue weighted by molar-refractivity contribution is 5.41. The molecule has 0 spiro atoms. The van der Waals surface area contributed by atoms with E-state index in [1.54, 1.807) is 12.1 Å². The SMILES string of the molecule is C[C@H]1[C@H]2[C@@H]3CCc4cc(O)ccc4[C@H]3[C@@H](F)C[C@]2(C)C[C@H]1O. The summed E-state index contributed by atoms with van der Waals surface area (Å²) in [7, 11) is 0. The van der Waals surface area contributed by atoms with Crippen molar-refractivity contribution in [3.05, 3.63) is 29.3 Å². The van der Waals surface area contributed by atoms with Gasteiger partial charge in [0.15, 0.2) is 0 Å². The third-order valence-electron chi connectivity index (χ3n) is 6.86. The standard InChI is InChI=1S/C19H25FO2/c1-10-16(22)9-19(2)8-15(20)17-13-6-4-12(21)7-11(13)3-5-14(17)18(10)19/h4,6-7,10,14-18,21-22H,3,5,8-9H2,1-2H3/t10-,14-,15+,16-,17-,18+,19-/m1/s1. The Labute approximate surface area is 131 Å². The number of alkyl halides is 1. The molecule has 0 saturated heterocycles. The van der Waals surface area contributed by atoms with Crippen LogP contribution < -0.4 is 0 Å². The Bertz CT molecular complexity index is 601. The van der Waals surface area contributed by atoms with Gasteiger partial charge >= 0.3 is 0 Å². The molecule has 2 N–H and O–H groups in total. The number of hydrogen-bond donors (Lipinski definition) is 2. The van der Waals surface area contributed by atoms with E-state index in [-0.39, 0.29) is 29.1 Å². The largest absolute Gasteiger partial charge is 0.508 e. The van der Waals surface area contributed by atoms with Gasteiger partial charge in [0.05, 0.1) is 6.10 Å². The van der Waals surface area contributed by atoms with E-state index in [9.17, 15) is 10.2 Å². The van der Waals surface area contributed by atoms with E-state index >= 15 is 4.39 Å². The summed E-state index contributed by atoms with van der Waals surface area (Å²) in [4.78, 5) is 0. The summed E-state index contributed by atoms with van der Waals surface area (Å²) >= 11 is 0. The fraction of sp³-hybridized carbons (Fsp3) is 0.684. The van der Waals surface area contributed by atoms with Gasteiger partial charge < -0.3 is 10.2 Å². The first-order valence-corrected chi connectivity index (χ1v) is 8.54. The normalized spacial score (nSPS) is 46.7. The number of aliphatic hydroxyl groups excluding tert-OH is 1. The molecule has 22 heavy (non-hydrogen) atoms. The molecule has 2 fully saturated rings. The minimum atomic E-state index is -0.840. The average molecular weight is 304 g/mol. The molecule has 0 aromatic heterocycles. The second-order valence-electron chi connectivity index (χ2n) is 8.14. The first-order chi connectivity index (χ1) is 10.4. The number of halogens is 1. The maximum absolute atomic E-state index is 15.1. The van der Waals surface area contributed by atoms with Crippen LogP contribution in [-0.2, 0) is 6.42 Å². The van der Waals surface area contributed by atoms with E-state index in [1.165, 1.54) is 0 Å². The average Bonchev–Trinajstić information content (AvgIpc) is 2.67. The van der Waals surface area contributed by atoms with Crippen LogP contribution in [-0.4, -0.2) is 22.5 Å². The van der Waals surface area contributed by atoms with Crippen LogP contribution in [0, 0.1) is 23.2 Å². The van der Waals surface area contributed by atoms with Crippen LogP contribution in [0.4, 0.5) is 4.39 Å². The Morgan fingerprint density at radius 1 is 1.27 bits per heavy atom. The summed E-state index contributed by atoms with van der Waals surface area (Å²) in [6.07, 6.45) is 2.05. The molecule has 3 heteroatoms. The zero-order valence-electron chi connectivity index (χ0n) is 13.3. The zero-order chi connectivity index (χ0) is 15.6. The topological polar surface area (TPSA) is 40.5 Å². The first-order valence-electron chi connectivity index (χ1n) is 8.54. The number of aromatic hydroxyl groups is 1. The van der Waals surface area contributed by atoms with Crippen LogP contribution in [0.25, 0.3) is 0 Å². The van der Waals surface area contributed by atoms with Crippen molar-refractivity contribution in [2.45, 2.75) is 57.7 Å². The second kappa shape index (κ2) is 4.70. The van der Waals surface area contributed by atoms with Crippen LogP contribution in [0.3, 0.4) is 0 Å². The van der Waals surface area contributed by atoms with Gasteiger partial charge in [0.2, 0.25) is 0 Å². The Kier molecular flexibility index (Phi) is 3.10. The Morgan fingerprint density at radius 3 is 2.82 bits per heavy atom. The molecule has 0 amide bonds. The van der Waals surface area contributed by atoms with E-state index < -0.39 is 6.17 Å². The molecule has 2 saturated carbocycles. The zero-order valence-corrected chi connectivity index (χ0v) is 13.3. The fourth-order valence-corrected chi connectivity index (χ4v) is 6.10. The van der Waals surface area contributed by atoms with Crippen LogP contribution in [0.2, 0.25) is 0 Å².